The number of likely N-dealkylation sites (tertiary alicyclic amines) is 1. The van der Waals surface area contributed by atoms with Crippen molar-refractivity contribution in [2.75, 3.05) is 26.2 Å². The van der Waals surface area contributed by atoms with Crippen LogP contribution in [0.3, 0.4) is 0 Å². The number of carbonyl (C=O) groups is 2. The maximum absolute atomic E-state index is 12.8. The number of ether oxygens (including phenoxy) is 1. The van der Waals surface area contributed by atoms with Crippen molar-refractivity contribution in [1.82, 2.24) is 14.8 Å². The predicted octanol–water partition coefficient (Wildman–Crippen LogP) is 4.45. The Balaban J connectivity index is 1.45. The van der Waals surface area contributed by atoms with E-state index in [2.05, 4.69) is 5.32 Å². The number of fused-ring (bicyclic) bond motifs is 2. The molecule has 0 radical (unpaired) electrons. The van der Waals surface area contributed by atoms with E-state index in [4.69, 9.17) is 9.84 Å². The number of aliphatic hydroxyl groups is 1. The molecular formula is C26H27N3O4S. The van der Waals surface area contributed by atoms with Gasteiger partial charge in [0.2, 0.25) is 0 Å². The van der Waals surface area contributed by atoms with Gasteiger partial charge in [-0.05, 0) is 49.4 Å². The van der Waals surface area contributed by atoms with E-state index in [0.29, 0.717) is 30.0 Å². The third kappa shape index (κ3) is 3.93. The van der Waals surface area contributed by atoms with Gasteiger partial charge in [-0.2, -0.15) is 0 Å². The minimum absolute atomic E-state index is 0.0421. The van der Waals surface area contributed by atoms with E-state index < -0.39 is 0 Å². The lowest BCUT2D eigenvalue weighted by atomic mass is 10.1. The number of aliphatic hydroxyl groups excluding tert-OH is 1. The molecule has 2 amide bonds. The number of benzene rings is 2. The third-order valence-corrected chi connectivity index (χ3v) is 7.56. The second kappa shape index (κ2) is 9.12. The molecule has 1 aliphatic rings. The maximum atomic E-state index is 12.8. The quantitative estimate of drug-likeness (QED) is 0.385. The number of aromatic nitrogens is 1. The van der Waals surface area contributed by atoms with Crippen LogP contribution in [0.1, 0.15) is 38.6 Å². The number of thiophene rings is 1. The molecule has 0 spiro atoms. The summed E-state index contributed by atoms with van der Waals surface area (Å²) in [5.41, 5.74) is 2.40. The van der Waals surface area contributed by atoms with Crippen molar-refractivity contribution < 1.29 is 19.4 Å². The highest BCUT2D eigenvalue weighted by Gasteiger charge is 2.24. The highest BCUT2D eigenvalue weighted by Crippen LogP contribution is 2.38. The van der Waals surface area contributed by atoms with E-state index in [1.807, 2.05) is 65.9 Å². The Hall–Kier alpha value is -3.36. The number of nitrogens with zero attached hydrogens (tertiary/aromatic N) is 2. The highest BCUT2D eigenvalue weighted by molar-refractivity contribution is 7.21. The van der Waals surface area contributed by atoms with Crippen molar-refractivity contribution >= 4 is 44.1 Å². The molecule has 0 saturated carbocycles. The van der Waals surface area contributed by atoms with Crippen molar-refractivity contribution in [2.24, 2.45) is 7.05 Å². The number of carbonyl (C=O) groups excluding carboxylic acids is 2. The van der Waals surface area contributed by atoms with Crippen LogP contribution in [0.5, 0.6) is 11.5 Å². The van der Waals surface area contributed by atoms with Gasteiger partial charge in [0.25, 0.3) is 11.8 Å². The van der Waals surface area contributed by atoms with Crippen LogP contribution < -0.4 is 10.1 Å². The summed E-state index contributed by atoms with van der Waals surface area (Å²) in [7, 11) is 1.93. The van der Waals surface area contributed by atoms with E-state index in [1.165, 1.54) is 11.3 Å². The summed E-state index contributed by atoms with van der Waals surface area (Å²) >= 11 is 1.46. The molecule has 0 unspecified atom stereocenters. The maximum Gasteiger partial charge on any atom is 0.263 e. The number of nitrogens with one attached hydrogen (secondary N) is 1. The number of hydrogen-bond donors (Lipinski definition) is 2. The van der Waals surface area contributed by atoms with Crippen molar-refractivity contribution in [3.8, 4) is 11.5 Å². The first-order valence-electron chi connectivity index (χ1n) is 11.5. The highest BCUT2D eigenvalue weighted by atomic mass is 32.1. The van der Waals surface area contributed by atoms with Gasteiger partial charge in [-0.1, -0.05) is 12.1 Å². The number of aryl methyl sites for hydroxylation is 1. The number of rotatable bonds is 7. The molecule has 0 aliphatic carbocycles. The minimum Gasteiger partial charge on any atom is -0.456 e. The molecule has 7 nitrogen and oxygen atoms in total. The summed E-state index contributed by atoms with van der Waals surface area (Å²) in [4.78, 5) is 28.0. The summed E-state index contributed by atoms with van der Waals surface area (Å²) in [6.07, 6.45) is 1.59. The Labute approximate surface area is 201 Å². The molecule has 3 heterocycles. The second-order valence-electron chi connectivity index (χ2n) is 8.56. The van der Waals surface area contributed by atoms with E-state index >= 15 is 0 Å². The summed E-state index contributed by atoms with van der Waals surface area (Å²) in [5.74, 6) is 1.31. The van der Waals surface area contributed by atoms with Gasteiger partial charge in [0.15, 0.2) is 0 Å². The molecule has 2 N–H and O–H groups in total. The fraction of sp³-hybridized carbons (Fsp3) is 0.308. The summed E-state index contributed by atoms with van der Waals surface area (Å²) in [6.45, 7) is 4.05. The zero-order chi connectivity index (χ0) is 23.8. The summed E-state index contributed by atoms with van der Waals surface area (Å²) in [6, 6.07) is 13.5. The monoisotopic (exact) mass is 477 g/mol. The molecule has 0 atom stereocenters. The van der Waals surface area contributed by atoms with Gasteiger partial charge in [-0.15, -0.1) is 11.3 Å². The van der Waals surface area contributed by atoms with E-state index in [1.54, 1.807) is 0 Å². The summed E-state index contributed by atoms with van der Waals surface area (Å²) < 4.78 is 9.21. The van der Waals surface area contributed by atoms with Crippen LogP contribution in [0.25, 0.3) is 21.0 Å². The van der Waals surface area contributed by atoms with Crippen molar-refractivity contribution in [3.05, 3.63) is 58.6 Å². The Kier molecular flexibility index (Phi) is 6.02. The van der Waals surface area contributed by atoms with Crippen LogP contribution in [-0.4, -0.2) is 52.6 Å². The number of hydrogen-bond acceptors (Lipinski definition) is 5. The zero-order valence-corrected chi connectivity index (χ0v) is 20.1. The SMILES string of the molecule is Cc1c(C(=O)NCCCO)c2ccc(Oc3cccc4cc(C(=O)N5CCC5)sc34)cc2n1C. The average molecular weight is 478 g/mol. The lowest BCUT2D eigenvalue weighted by Crippen LogP contribution is -2.41. The van der Waals surface area contributed by atoms with E-state index in [-0.39, 0.29) is 18.4 Å². The molecule has 176 valence electrons. The first-order valence-corrected chi connectivity index (χ1v) is 12.3. The second-order valence-corrected chi connectivity index (χ2v) is 9.62. The van der Waals surface area contributed by atoms with Crippen molar-refractivity contribution in [1.29, 1.82) is 0 Å². The van der Waals surface area contributed by atoms with Crippen LogP contribution in [0, 0.1) is 6.92 Å². The van der Waals surface area contributed by atoms with Gasteiger partial charge >= 0.3 is 0 Å². The van der Waals surface area contributed by atoms with Crippen LogP contribution in [-0.2, 0) is 7.05 Å². The van der Waals surface area contributed by atoms with Crippen LogP contribution >= 0.6 is 11.3 Å². The van der Waals surface area contributed by atoms with Gasteiger partial charge < -0.3 is 24.6 Å². The standard InChI is InChI=1S/C26H27N3O4S/c1-16-23(25(31)27-10-4-13-30)19-9-8-18(15-20(19)28(16)2)33-21-7-3-6-17-14-22(34-24(17)21)26(32)29-11-5-12-29/h3,6-9,14-15,30H,4-5,10-13H2,1-2H3,(H,27,31). The molecule has 34 heavy (non-hydrogen) atoms. The normalized spacial score (nSPS) is 13.3. The minimum atomic E-state index is -0.145. The molecule has 2 aromatic heterocycles. The van der Waals surface area contributed by atoms with Crippen molar-refractivity contribution in [2.45, 2.75) is 19.8 Å². The molecule has 0 bridgehead atoms. The molecule has 1 fully saturated rings. The first kappa shape index (κ1) is 22.4. The predicted molar refractivity (Wildman–Crippen MR) is 134 cm³/mol. The lowest BCUT2D eigenvalue weighted by molar-refractivity contribution is 0.0657. The first-order chi connectivity index (χ1) is 16.5. The molecule has 1 aliphatic heterocycles. The Morgan fingerprint density at radius 2 is 2.00 bits per heavy atom. The van der Waals surface area contributed by atoms with Gasteiger partial charge in [0.1, 0.15) is 11.5 Å². The Morgan fingerprint density at radius 3 is 2.74 bits per heavy atom. The van der Waals surface area contributed by atoms with Gasteiger partial charge in [0.05, 0.1) is 20.7 Å². The molecule has 8 heteroatoms. The third-order valence-electron chi connectivity index (χ3n) is 6.40. The fourth-order valence-corrected chi connectivity index (χ4v) is 5.36. The van der Waals surface area contributed by atoms with E-state index in [9.17, 15) is 9.59 Å². The molecule has 1 saturated heterocycles. The lowest BCUT2D eigenvalue weighted by Gasteiger charge is -2.30. The van der Waals surface area contributed by atoms with Gasteiger partial charge in [-0.3, -0.25) is 9.59 Å². The average Bonchev–Trinajstić information content (AvgIpc) is 3.33. The van der Waals surface area contributed by atoms with Crippen molar-refractivity contribution in [3.63, 3.8) is 0 Å². The van der Waals surface area contributed by atoms with Crippen LogP contribution in [0.4, 0.5) is 0 Å². The van der Waals surface area contributed by atoms with E-state index in [0.717, 1.165) is 51.1 Å². The van der Waals surface area contributed by atoms with Gasteiger partial charge in [0, 0.05) is 50.4 Å². The smallest absolute Gasteiger partial charge is 0.263 e. The Morgan fingerprint density at radius 1 is 1.18 bits per heavy atom. The molecule has 4 aromatic rings. The molecule has 2 aromatic carbocycles. The summed E-state index contributed by atoms with van der Waals surface area (Å²) in [5, 5.41) is 13.7. The number of amides is 2. The zero-order valence-electron chi connectivity index (χ0n) is 19.3. The molecular weight excluding hydrogens is 450 g/mol. The topological polar surface area (TPSA) is 83.8 Å². The fourth-order valence-electron chi connectivity index (χ4n) is 4.29. The largest absolute Gasteiger partial charge is 0.456 e. The molecule has 5 rings (SSSR count). The van der Waals surface area contributed by atoms with Crippen LogP contribution in [0.15, 0.2) is 42.5 Å². The van der Waals surface area contributed by atoms with Crippen LogP contribution in [0.2, 0.25) is 0 Å². The van der Waals surface area contributed by atoms with Gasteiger partial charge in [-0.25, -0.2) is 0 Å². The Bertz CT molecular complexity index is 1400.